The van der Waals surface area contributed by atoms with Gasteiger partial charge in [0.25, 0.3) is 0 Å². The van der Waals surface area contributed by atoms with Crippen LogP contribution in [0.1, 0.15) is 33.1 Å². The first-order valence-electron chi connectivity index (χ1n) is 7.29. The number of amides is 1. The number of hydrogen-bond donors (Lipinski definition) is 1. The number of nitrogens with zero attached hydrogens (tertiary/aromatic N) is 2. The Bertz CT molecular complexity index is 299. The van der Waals surface area contributed by atoms with Crippen LogP contribution in [0.4, 0.5) is 0 Å². The van der Waals surface area contributed by atoms with Gasteiger partial charge in [-0.3, -0.25) is 4.79 Å². The largest absolute Gasteiger partial charge is 0.338 e. The fourth-order valence-electron chi connectivity index (χ4n) is 3.36. The molecular weight excluding hydrogens is 226 g/mol. The highest BCUT2D eigenvalue weighted by Crippen LogP contribution is 2.32. The minimum absolute atomic E-state index is 0.128. The Morgan fingerprint density at radius 1 is 1.44 bits per heavy atom. The van der Waals surface area contributed by atoms with Crippen LogP contribution in [0, 0.1) is 5.41 Å². The van der Waals surface area contributed by atoms with Crippen LogP contribution >= 0.6 is 0 Å². The van der Waals surface area contributed by atoms with Gasteiger partial charge >= 0.3 is 0 Å². The molecule has 0 saturated carbocycles. The molecule has 2 atom stereocenters. The number of carbonyl (C=O) groups excluding carboxylic acids is 1. The van der Waals surface area contributed by atoms with Gasteiger partial charge in [0.05, 0.1) is 5.41 Å². The smallest absolute Gasteiger partial charge is 0.230 e. The van der Waals surface area contributed by atoms with Gasteiger partial charge in [0.1, 0.15) is 0 Å². The molecule has 104 valence electrons. The molecule has 2 fully saturated rings. The topological polar surface area (TPSA) is 35.6 Å². The van der Waals surface area contributed by atoms with E-state index >= 15 is 0 Å². The highest BCUT2D eigenvalue weighted by molar-refractivity contribution is 5.83. The molecule has 2 saturated heterocycles. The summed E-state index contributed by atoms with van der Waals surface area (Å²) in [6.45, 7) is 9.21. The monoisotopic (exact) mass is 253 g/mol. The van der Waals surface area contributed by atoms with Crippen LogP contribution < -0.4 is 5.32 Å². The van der Waals surface area contributed by atoms with Crippen LogP contribution in [0.15, 0.2) is 0 Å². The quantitative estimate of drug-likeness (QED) is 0.795. The summed E-state index contributed by atoms with van der Waals surface area (Å²) >= 11 is 0. The SMILES string of the molecule is CCC1(C(=O)N2CCCN(C)CC2C)CCNC1. The van der Waals surface area contributed by atoms with E-state index in [0.29, 0.717) is 11.9 Å². The highest BCUT2D eigenvalue weighted by atomic mass is 16.2. The van der Waals surface area contributed by atoms with Crippen molar-refractivity contribution in [3.8, 4) is 0 Å². The van der Waals surface area contributed by atoms with Crippen molar-refractivity contribution < 1.29 is 4.79 Å². The number of hydrogen-bond acceptors (Lipinski definition) is 3. The Morgan fingerprint density at radius 2 is 2.22 bits per heavy atom. The maximum absolute atomic E-state index is 12.9. The van der Waals surface area contributed by atoms with E-state index in [1.807, 2.05) is 0 Å². The van der Waals surface area contributed by atoms with E-state index in [4.69, 9.17) is 0 Å². The summed E-state index contributed by atoms with van der Waals surface area (Å²) in [5.74, 6) is 0.387. The lowest BCUT2D eigenvalue weighted by Crippen LogP contribution is -2.50. The lowest BCUT2D eigenvalue weighted by atomic mass is 9.82. The van der Waals surface area contributed by atoms with Crippen LogP contribution in [-0.4, -0.2) is 61.5 Å². The zero-order valence-electron chi connectivity index (χ0n) is 12.0. The Kier molecular flexibility index (Phi) is 4.28. The normalized spacial score (nSPS) is 34.6. The molecule has 1 N–H and O–H groups in total. The van der Waals surface area contributed by atoms with E-state index < -0.39 is 0 Å². The molecule has 2 heterocycles. The second kappa shape index (κ2) is 5.57. The molecule has 1 amide bonds. The van der Waals surface area contributed by atoms with Crippen LogP contribution in [0.25, 0.3) is 0 Å². The van der Waals surface area contributed by atoms with Crippen molar-refractivity contribution in [2.45, 2.75) is 39.2 Å². The first-order valence-corrected chi connectivity index (χ1v) is 7.29. The lowest BCUT2D eigenvalue weighted by Gasteiger charge is -2.36. The van der Waals surface area contributed by atoms with Crippen LogP contribution in [0.2, 0.25) is 0 Å². The fraction of sp³-hybridized carbons (Fsp3) is 0.929. The number of carbonyl (C=O) groups is 1. The van der Waals surface area contributed by atoms with E-state index in [-0.39, 0.29) is 5.41 Å². The van der Waals surface area contributed by atoms with Gasteiger partial charge in [-0.2, -0.15) is 0 Å². The fourth-order valence-corrected chi connectivity index (χ4v) is 3.36. The van der Waals surface area contributed by atoms with Crippen LogP contribution in [0.3, 0.4) is 0 Å². The highest BCUT2D eigenvalue weighted by Gasteiger charge is 2.43. The van der Waals surface area contributed by atoms with Crippen molar-refractivity contribution >= 4 is 5.91 Å². The van der Waals surface area contributed by atoms with Gasteiger partial charge in [0, 0.05) is 25.7 Å². The Balaban J connectivity index is 2.11. The summed E-state index contributed by atoms with van der Waals surface area (Å²) in [6, 6.07) is 0.342. The Labute approximate surface area is 111 Å². The van der Waals surface area contributed by atoms with Gasteiger partial charge in [-0.25, -0.2) is 0 Å². The van der Waals surface area contributed by atoms with Gasteiger partial charge in [0.15, 0.2) is 0 Å². The maximum Gasteiger partial charge on any atom is 0.230 e. The van der Waals surface area contributed by atoms with Gasteiger partial charge in [-0.15, -0.1) is 0 Å². The third-order valence-corrected chi connectivity index (χ3v) is 4.68. The molecule has 0 aliphatic carbocycles. The number of rotatable bonds is 2. The molecule has 0 aromatic rings. The van der Waals surface area contributed by atoms with Crippen LogP contribution in [0.5, 0.6) is 0 Å². The number of nitrogens with one attached hydrogen (secondary N) is 1. The molecular formula is C14H27N3O. The van der Waals surface area contributed by atoms with E-state index in [1.54, 1.807) is 0 Å². The first kappa shape index (κ1) is 13.8. The molecule has 0 bridgehead atoms. The van der Waals surface area contributed by atoms with E-state index in [0.717, 1.165) is 52.0 Å². The van der Waals surface area contributed by atoms with Crippen molar-refractivity contribution in [2.75, 3.05) is 39.8 Å². The third-order valence-electron chi connectivity index (χ3n) is 4.68. The van der Waals surface area contributed by atoms with Crippen molar-refractivity contribution in [3.63, 3.8) is 0 Å². The summed E-state index contributed by atoms with van der Waals surface area (Å²) < 4.78 is 0. The van der Waals surface area contributed by atoms with Gasteiger partial charge in [-0.05, 0) is 46.3 Å². The molecule has 2 rings (SSSR count). The van der Waals surface area contributed by atoms with E-state index in [1.165, 1.54) is 0 Å². The average molecular weight is 253 g/mol. The molecule has 2 aliphatic rings. The summed E-state index contributed by atoms with van der Waals surface area (Å²) in [4.78, 5) is 17.4. The van der Waals surface area contributed by atoms with Crippen molar-refractivity contribution in [1.82, 2.24) is 15.1 Å². The molecule has 0 aromatic heterocycles. The van der Waals surface area contributed by atoms with Gasteiger partial charge < -0.3 is 15.1 Å². The Hall–Kier alpha value is -0.610. The third kappa shape index (κ3) is 2.54. The van der Waals surface area contributed by atoms with Crippen molar-refractivity contribution in [3.05, 3.63) is 0 Å². The molecule has 2 aliphatic heterocycles. The van der Waals surface area contributed by atoms with Crippen LogP contribution in [-0.2, 0) is 4.79 Å². The second-order valence-electron chi connectivity index (χ2n) is 6.02. The standard InChI is InChI=1S/C14H27N3O/c1-4-14(6-7-15-11-14)13(18)17-9-5-8-16(3)10-12(17)2/h12,15H,4-11H2,1-3H3. The minimum Gasteiger partial charge on any atom is -0.338 e. The lowest BCUT2D eigenvalue weighted by molar-refractivity contribution is -0.143. The molecule has 0 radical (unpaired) electrons. The molecule has 2 unspecified atom stereocenters. The van der Waals surface area contributed by atoms with Crippen molar-refractivity contribution in [1.29, 1.82) is 0 Å². The molecule has 18 heavy (non-hydrogen) atoms. The predicted octanol–water partition coefficient (Wildman–Crippen LogP) is 0.929. The van der Waals surface area contributed by atoms with E-state index in [2.05, 4.69) is 36.0 Å². The molecule has 0 aromatic carbocycles. The summed E-state index contributed by atoms with van der Waals surface area (Å²) in [7, 11) is 2.15. The average Bonchev–Trinajstić information content (AvgIpc) is 2.77. The molecule has 4 nitrogen and oxygen atoms in total. The van der Waals surface area contributed by atoms with Gasteiger partial charge in [-0.1, -0.05) is 6.92 Å². The Morgan fingerprint density at radius 3 is 2.83 bits per heavy atom. The first-order chi connectivity index (χ1) is 8.59. The van der Waals surface area contributed by atoms with E-state index in [9.17, 15) is 4.79 Å². The zero-order valence-corrected chi connectivity index (χ0v) is 12.0. The minimum atomic E-state index is -0.128. The van der Waals surface area contributed by atoms with Crippen molar-refractivity contribution in [2.24, 2.45) is 5.41 Å². The second-order valence-corrected chi connectivity index (χ2v) is 6.02. The number of likely N-dealkylation sites (N-methyl/N-ethyl adjacent to an activating group) is 1. The molecule has 4 heteroatoms. The summed E-state index contributed by atoms with van der Waals surface area (Å²) in [5.41, 5.74) is -0.128. The zero-order chi connectivity index (χ0) is 13.2. The predicted molar refractivity (Wildman–Crippen MR) is 73.5 cm³/mol. The summed E-state index contributed by atoms with van der Waals surface area (Å²) in [6.07, 6.45) is 3.05. The summed E-state index contributed by atoms with van der Waals surface area (Å²) in [5, 5.41) is 3.37. The molecule has 0 spiro atoms. The van der Waals surface area contributed by atoms with Gasteiger partial charge in [0.2, 0.25) is 5.91 Å². The maximum atomic E-state index is 12.9.